The number of ether oxygens (including phenoxy) is 1. The summed E-state index contributed by atoms with van der Waals surface area (Å²) in [5, 5.41) is 22.4. The molecule has 1 saturated heterocycles. The largest absolute Gasteiger partial charge is 0.481 e. The van der Waals surface area contributed by atoms with Gasteiger partial charge in [-0.1, -0.05) is 46.0 Å². The number of nitrogens with zero attached hydrogens (tertiary/aromatic N) is 3. The van der Waals surface area contributed by atoms with Crippen molar-refractivity contribution in [3.05, 3.63) is 0 Å². The molecule has 2 rings (SSSR count). The fraction of sp³-hybridized carbons (Fsp3) is 0.750. The van der Waals surface area contributed by atoms with Crippen molar-refractivity contribution >= 4 is 76.3 Å². The van der Waals surface area contributed by atoms with E-state index in [4.69, 9.17) is 10.5 Å². The molecule has 1 aliphatic carbocycles. The van der Waals surface area contributed by atoms with Crippen molar-refractivity contribution in [2.75, 3.05) is 46.9 Å². The van der Waals surface area contributed by atoms with Gasteiger partial charge >= 0.3 is 11.9 Å². The summed E-state index contributed by atoms with van der Waals surface area (Å²) in [7, 11) is 3.57. The van der Waals surface area contributed by atoms with Gasteiger partial charge in [-0.05, 0) is 38.0 Å². The van der Waals surface area contributed by atoms with E-state index in [1.165, 1.54) is 29.9 Å². The minimum absolute atomic E-state index is 0.00883. The number of nitrogens with two attached hydrogens (primary N) is 1. The topological polar surface area (TPSA) is 280 Å². The van der Waals surface area contributed by atoms with Crippen LogP contribution < -0.4 is 32.3 Å². The number of aliphatic imine (C=N–C) groups is 1. The predicted molar refractivity (Wildman–Crippen MR) is 215 cm³/mol. The summed E-state index contributed by atoms with van der Waals surface area (Å²) in [6.07, 6.45) is 3.32. The number of halogens is 1. The molecule has 322 valence electrons. The van der Waals surface area contributed by atoms with Crippen molar-refractivity contribution in [3.8, 4) is 0 Å². The summed E-state index contributed by atoms with van der Waals surface area (Å²) in [6.45, 7) is 6.79. The Bertz CT molecular complexity index is 1440. The van der Waals surface area contributed by atoms with Crippen LogP contribution in [-0.2, 0) is 46.2 Å². The third kappa shape index (κ3) is 18.2. The van der Waals surface area contributed by atoms with Gasteiger partial charge in [0.1, 0.15) is 36.8 Å². The molecular weight excluding hydrogens is 861 g/mol. The van der Waals surface area contributed by atoms with Crippen LogP contribution in [0.1, 0.15) is 85.0 Å². The van der Waals surface area contributed by atoms with Gasteiger partial charge in [-0.3, -0.25) is 33.6 Å². The first-order valence-electron chi connectivity index (χ1n) is 19.3. The molecule has 5 atom stereocenters. The van der Waals surface area contributed by atoms with Crippen LogP contribution in [0.25, 0.3) is 0 Å². The van der Waals surface area contributed by atoms with E-state index in [2.05, 4.69) is 34.6 Å². The van der Waals surface area contributed by atoms with Gasteiger partial charge in [-0.2, -0.15) is 0 Å². The van der Waals surface area contributed by atoms with Gasteiger partial charge in [-0.25, -0.2) is 9.79 Å². The number of carbonyl (C=O) groups is 8. The summed E-state index contributed by atoms with van der Waals surface area (Å²) in [4.78, 5) is 111. The molecule has 6 amide bonds. The summed E-state index contributed by atoms with van der Waals surface area (Å²) in [5.74, 6) is -6.40. The van der Waals surface area contributed by atoms with Crippen LogP contribution >= 0.6 is 23.0 Å². The second-order valence-electron chi connectivity index (χ2n) is 15.0. The number of carboxylic acids is 1. The first-order chi connectivity index (χ1) is 26.9. The van der Waals surface area contributed by atoms with Crippen LogP contribution in [0, 0.1) is 11.8 Å². The molecule has 21 heteroatoms. The fourth-order valence-electron chi connectivity index (χ4n) is 6.56. The Balaban J connectivity index is 2.32. The first-order valence-corrected chi connectivity index (χ1v) is 20.2. The lowest BCUT2D eigenvalue weighted by atomic mass is 9.84. The van der Waals surface area contributed by atoms with Gasteiger partial charge in [0.2, 0.25) is 35.4 Å². The molecule has 0 radical (unpaired) electrons. The lowest BCUT2D eigenvalue weighted by Gasteiger charge is -2.33. The minimum Gasteiger partial charge on any atom is -0.481 e. The van der Waals surface area contributed by atoms with Crippen LogP contribution in [0.4, 0.5) is 0 Å². The van der Waals surface area contributed by atoms with E-state index in [1.807, 2.05) is 4.90 Å². The molecule has 0 aromatic carbocycles. The monoisotopic (exact) mass is 921 g/mol. The molecule has 0 aromatic heterocycles. The number of rotatable bonds is 21. The third-order valence-corrected chi connectivity index (χ3v) is 9.89. The average Bonchev–Trinajstić information content (AvgIpc) is 3.15. The number of guanidine groups is 1. The quantitative estimate of drug-likeness (QED) is 0.0428. The van der Waals surface area contributed by atoms with Crippen molar-refractivity contribution in [2.45, 2.75) is 115 Å². The molecule has 2 fully saturated rings. The van der Waals surface area contributed by atoms with Crippen molar-refractivity contribution in [1.82, 2.24) is 36.4 Å². The number of carbonyl (C=O) groups excluding carboxylic acids is 7. The third-order valence-electron chi connectivity index (χ3n) is 9.46. The number of nitrogens with one attached hydrogen (secondary N) is 5. The Morgan fingerprint density at radius 3 is 1.96 bits per heavy atom. The summed E-state index contributed by atoms with van der Waals surface area (Å²) < 4.78 is 10.0. The lowest BCUT2D eigenvalue weighted by Crippen LogP contribution is -2.59. The Kier molecular flexibility index (Phi) is 21.6. The maximum absolute atomic E-state index is 14.0. The van der Waals surface area contributed by atoms with Gasteiger partial charge in [0, 0.05) is 33.6 Å². The number of morpholine rings is 1. The van der Waals surface area contributed by atoms with Crippen LogP contribution in [-0.4, -0.2) is 145 Å². The van der Waals surface area contributed by atoms with E-state index in [9.17, 15) is 43.5 Å². The smallest absolute Gasteiger partial charge is 0.337 e. The van der Waals surface area contributed by atoms with Gasteiger partial charge in [0.05, 0.1) is 19.6 Å². The molecule has 1 saturated carbocycles. The number of aliphatic carboxylic acids is 1. The Hall–Kier alpha value is -4.28. The second kappa shape index (κ2) is 25.2. The van der Waals surface area contributed by atoms with Gasteiger partial charge in [-0.15, -0.1) is 0 Å². The highest BCUT2D eigenvalue weighted by Crippen LogP contribution is 2.27. The van der Waals surface area contributed by atoms with E-state index >= 15 is 0 Å². The number of amides is 6. The zero-order valence-electron chi connectivity index (χ0n) is 33.5. The molecule has 8 N–H and O–H groups in total. The summed E-state index contributed by atoms with van der Waals surface area (Å²) in [5.41, 5.74) is 5.38. The number of hydrogen-bond acceptors (Lipinski definition) is 11. The first kappa shape index (κ1) is 48.9. The molecule has 57 heavy (non-hydrogen) atoms. The standard InChI is InChI=1S/C36H60IN9O11/c1-21(2)17-25(32(52)40-22(3)35(55)57-37)42-34(54)27(19-30(49)50)44-33(53)26(18-23-9-7-6-8-10-23)43-31(51)24(11-12-28(38)47)41-29(48)20-39-36(45(4)5)46-13-15-56-16-14-46/h21-27H,6-20H2,1-5H3,(H2,38,47)(H,40,52)(H,41,48)(H,42,54)(H,43,51)(H,44,53)(H,49,50)/t22-,24-,25-,26-,27-/m0/s1. The van der Waals surface area contributed by atoms with Gasteiger partial charge < -0.3 is 55.0 Å². The Morgan fingerprint density at radius 1 is 0.842 bits per heavy atom. The summed E-state index contributed by atoms with van der Waals surface area (Å²) in [6, 6.07) is -6.48. The Labute approximate surface area is 347 Å². The average molecular weight is 922 g/mol. The highest BCUT2D eigenvalue weighted by atomic mass is 127. The van der Waals surface area contributed by atoms with Crippen LogP contribution in [0.2, 0.25) is 0 Å². The SMILES string of the molecule is CC(C)C[C@H](NC(=O)[C@H](CC(=O)O)NC(=O)[C@H](CC1CCCCC1)NC(=O)[C@H](CCC(N)=O)NC(=O)CN=C(N(C)C)N1CCOCC1)C(=O)N[C@@H](C)C(=O)OI. The van der Waals surface area contributed by atoms with Crippen LogP contribution in [0.5, 0.6) is 0 Å². The van der Waals surface area contributed by atoms with Gasteiger partial charge in [0.15, 0.2) is 29.0 Å². The van der Waals surface area contributed by atoms with Crippen LogP contribution in [0.3, 0.4) is 0 Å². The van der Waals surface area contributed by atoms with Crippen molar-refractivity contribution < 1.29 is 51.3 Å². The maximum atomic E-state index is 14.0. The van der Waals surface area contributed by atoms with Crippen molar-refractivity contribution in [2.24, 2.45) is 22.6 Å². The number of carboxylic acid groups (broad SMARTS) is 1. The Morgan fingerprint density at radius 2 is 1.40 bits per heavy atom. The van der Waals surface area contributed by atoms with E-state index in [0.29, 0.717) is 32.3 Å². The maximum Gasteiger partial charge on any atom is 0.337 e. The zero-order chi connectivity index (χ0) is 42.7. The van der Waals surface area contributed by atoms with E-state index in [1.54, 1.807) is 32.8 Å². The van der Waals surface area contributed by atoms with Crippen molar-refractivity contribution in [1.29, 1.82) is 0 Å². The van der Waals surface area contributed by atoms with Crippen molar-refractivity contribution in [3.63, 3.8) is 0 Å². The molecular formula is C36H60IN9O11. The van der Waals surface area contributed by atoms with Gasteiger partial charge in [0.25, 0.3) is 0 Å². The molecule has 1 aliphatic heterocycles. The minimum atomic E-state index is -1.67. The summed E-state index contributed by atoms with van der Waals surface area (Å²) >= 11 is 1.38. The van der Waals surface area contributed by atoms with Crippen LogP contribution in [0.15, 0.2) is 4.99 Å². The lowest BCUT2D eigenvalue weighted by molar-refractivity contribution is -0.142. The molecule has 20 nitrogen and oxygen atoms in total. The molecule has 0 spiro atoms. The number of primary amides is 1. The molecule has 0 bridgehead atoms. The highest BCUT2D eigenvalue weighted by molar-refractivity contribution is 14.1. The molecule has 1 heterocycles. The predicted octanol–water partition coefficient (Wildman–Crippen LogP) is -0.670. The molecule has 2 aliphatic rings. The fourth-order valence-corrected chi connectivity index (χ4v) is 6.94. The zero-order valence-corrected chi connectivity index (χ0v) is 35.6. The number of hydrogen-bond donors (Lipinski definition) is 7. The normalized spacial score (nSPS) is 17.5. The highest BCUT2D eigenvalue weighted by Gasteiger charge is 2.35. The molecule has 0 aromatic rings. The van der Waals surface area contributed by atoms with E-state index < -0.39 is 84.0 Å². The van der Waals surface area contributed by atoms with E-state index in [0.717, 1.165) is 32.1 Å². The molecule has 0 unspecified atom stereocenters. The van der Waals surface area contributed by atoms with E-state index in [-0.39, 0.29) is 44.1 Å². The second-order valence-corrected chi connectivity index (χ2v) is 15.5.